The molecule has 2 aromatic carbocycles. The van der Waals surface area contributed by atoms with E-state index in [4.69, 9.17) is 14.2 Å². The van der Waals surface area contributed by atoms with Crippen LogP contribution in [0.4, 0.5) is 0 Å². The van der Waals surface area contributed by atoms with E-state index in [1.807, 2.05) is 6.07 Å². The van der Waals surface area contributed by atoms with Crippen molar-refractivity contribution in [2.45, 2.75) is 6.92 Å². The van der Waals surface area contributed by atoms with E-state index in [1.165, 1.54) is 0 Å². The van der Waals surface area contributed by atoms with Gasteiger partial charge in [-0.05, 0) is 25.1 Å². The Bertz CT molecular complexity index is 663. The van der Waals surface area contributed by atoms with Crippen LogP contribution in [0.3, 0.4) is 0 Å². The number of esters is 1. The fourth-order valence-corrected chi connectivity index (χ4v) is 2.11. The number of benzene rings is 2. The molecule has 0 heterocycles. The Kier molecular flexibility index (Phi) is 4.77. The van der Waals surface area contributed by atoms with Crippen LogP contribution in [0.2, 0.25) is 0 Å². The number of ether oxygens (including phenoxy) is 3. The molecule has 0 fully saturated rings. The first-order valence-electron chi connectivity index (χ1n) is 6.54. The highest BCUT2D eigenvalue weighted by atomic mass is 16.6. The molecule has 0 radical (unpaired) electrons. The first-order chi connectivity index (χ1) is 10.2. The second kappa shape index (κ2) is 6.74. The maximum atomic E-state index is 11.4. The highest BCUT2D eigenvalue weighted by Crippen LogP contribution is 2.34. The number of methoxy groups -OCH3 is 1. The van der Waals surface area contributed by atoms with Gasteiger partial charge >= 0.3 is 5.97 Å². The number of rotatable bonds is 6. The lowest BCUT2D eigenvalue weighted by atomic mass is 10.0. The van der Waals surface area contributed by atoms with E-state index in [0.29, 0.717) is 29.1 Å². The van der Waals surface area contributed by atoms with Crippen LogP contribution >= 0.6 is 0 Å². The Balaban J connectivity index is 2.43. The summed E-state index contributed by atoms with van der Waals surface area (Å²) in [6.45, 7) is 1.82. The zero-order chi connectivity index (χ0) is 15.2. The molecule has 2 rings (SSSR count). The number of hydrogen-bond acceptors (Lipinski definition) is 5. The third-order valence-electron chi connectivity index (χ3n) is 2.99. The van der Waals surface area contributed by atoms with Gasteiger partial charge in [0, 0.05) is 16.3 Å². The molecule has 0 aliphatic heterocycles. The number of carbonyl (C=O) groups excluding carboxylic acids is 2. The van der Waals surface area contributed by atoms with Crippen LogP contribution in [-0.4, -0.2) is 32.6 Å². The van der Waals surface area contributed by atoms with Gasteiger partial charge in [-0.2, -0.15) is 0 Å². The largest absolute Gasteiger partial charge is 0.496 e. The highest BCUT2D eigenvalue weighted by molar-refractivity contribution is 6.04. The second-order valence-corrected chi connectivity index (χ2v) is 4.25. The lowest BCUT2D eigenvalue weighted by Gasteiger charge is -2.12. The number of fused-ring (bicyclic) bond motifs is 1. The average Bonchev–Trinajstić information content (AvgIpc) is 2.52. The minimum Gasteiger partial charge on any atom is -0.496 e. The predicted molar refractivity (Wildman–Crippen MR) is 78.0 cm³/mol. The molecule has 0 bridgehead atoms. The quantitative estimate of drug-likeness (QED) is 0.604. The summed E-state index contributed by atoms with van der Waals surface area (Å²) in [5.74, 6) is 0.629. The molecular formula is C16H16O5. The van der Waals surface area contributed by atoms with Gasteiger partial charge in [0.25, 0.3) is 0 Å². The molecule has 0 spiro atoms. The molecule has 0 unspecified atom stereocenters. The molecule has 0 aromatic heterocycles. The summed E-state index contributed by atoms with van der Waals surface area (Å²) in [4.78, 5) is 22.6. The van der Waals surface area contributed by atoms with E-state index in [2.05, 4.69) is 0 Å². The monoisotopic (exact) mass is 288 g/mol. The number of carbonyl (C=O) groups is 2. The van der Waals surface area contributed by atoms with E-state index >= 15 is 0 Å². The van der Waals surface area contributed by atoms with Crippen molar-refractivity contribution in [2.24, 2.45) is 0 Å². The summed E-state index contributed by atoms with van der Waals surface area (Å²) in [6.07, 6.45) is 0.749. The molecule has 110 valence electrons. The summed E-state index contributed by atoms with van der Waals surface area (Å²) in [6, 6.07) is 8.69. The average molecular weight is 288 g/mol. The smallest absolute Gasteiger partial charge is 0.344 e. The van der Waals surface area contributed by atoms with Crippen LogP contribution in [0.5, 0.6) is 11.5 Å². The molecule has 0 N–H and O–H groups in total. The first kappa shape index (κ1) is 14.8. The van der Waals surface area contributed by atoms with Gasteiger partial charge in [-0.1, -0.05) is 12.1 Å². The van der Waals surface area contributed by atoms with E-state index in [1.54, 1.807) is 38.3 Å². The van der Waals surface area contributed by atoms with E-state index in [9.17, 15) is 9.59 Å². The van der Waals surface area contributed by atoms with Gasteiger partial charge in [0.2, 0.25) is 0 Å². The van der Waals surface area contributed by atoms with Crippen LogP contribution in [0, 0.1) is 0 Å². The topological polar surface area (TPSA) is 61.8 Å². The molecule has 0 aliphatic rings. The Morgan fingerprint density at radius 1 is 1.19 bits per heavy atom. The fraction of sp³-hybridized carbons (Fsp3) is 0.250. The van der Waals surface area contributed by atoms with Crippen molar-refractivity contribution in [3.05, 3.63) is 35.9 Å². The Morgan fingerprint density at radius 2 is 2.00 bits per heavy atom. The maximum absolute atomic E-state index is 11.4. The standard InChI is InChI=1S/C16H16O5/c1-3-20-15(18)10-21-14-6-4-5-12-13(19-2)8-7-11(9-17)16(12)14/h4-9H,3,10H2,1-2H3. The van der Waals surface area contributed by atoms with Crippen molar-refractivity contribution >= 4 is 23.0 Å². The van der Waals surface area contributed by atoms with Crippen LogP contribution in [0.1, 0.15) is 17.3 Å². The third-order valence-corrected chi connectivity index (χ3v) is 2.99. The second-order valence-electron chi connectivity index (χ2n) is 4.25. The molecular weight excluding hydrogens is 272 g/mol. The van der Waals surface area contributed by atoms with Crippen molar-refractivity contribution in [1.82, 2.24) is 0 Å². The molecule has 5 nitrogen and oxygen atoms in total. The van der Waals surface area contributed by atoms with Crippen LogP contribution in [0.25, 0.3) is 10.8 Å². The van der Waals surface area contributed by atoms with E-state index in [-0.39, 0.29) is 6.61 Å². The lowest BCUT2D eigenvalue weighted by molar-refractivity contribution is -0.145. The molecule has 2 aromatic rings. The normalized spacial score (nSPS) is 10.2. The fourth-order valence-electron chi connectivity index (χ4n) is 2.11. The summed E-state index contributed by atoms with van der Waals surface area (Å²) in [7, 11) is 1.56. The molecule has 0 amide bonds. The van der Waals surface area contributed by atoms with Gasteiger partial charge in [0.1, 0.15) is 11.5 Å². The van der Waals surface area contributed by atoms with Crippen LogP contribution < -0.4 is 9.47 Å². The van der Waals surface area contributed by atoms with Gasteiger partial charge < -0.3 is 14.2 Å². The van der Waals surface area contributed by atoms with Crippen molar-refractivity contribution in [1.29, 1.82) is 0 Å². The minimum atomic E-state index is -0.454. The van der Waals surface area contributed by atoms with Crippen LogP contribution in [0.15, 0.2) is 30.3 Å². The summed E-state index contributed by atoms with van der Waals surface area (Å²) >= 11 is 0. The maximum Gasteiger partial charge on any atom is 0.344 e. The molecule has 0 atom stereocenters. The number of aldehydes is 1. The first-order valence-corrected chi connectivity index (χ1v) is 6.54. The predicted octanol–water partition coefficient (Wildman–Crippen LogP) is 2.60. The molecule has 0 saturated carbocycles. The highest BCUT2D eigenvalue weighted by Gasteiger charge is 2.12. The van der Waals surface area contributed by atoms with E-state index < -0.39 is 5.97 Å². The Hall–Kier alpha value is -2.56. The molecule has 5 heteroatoms. The Labute approximate surface area is 122 Å². The van der Waals surface area contributed by atoms with Gasteiger partial charge in [0.15, 0.2) is 12.9 Å². The minimum absolute atomic E-state index is 0.206. The van der Waals surface area contributed by atoms with Gasteiger partial charge in [0.05, 0.1) is 13.7 Å². The lowest BCUT2D eigenvalue weighted by Crippen LogP contribution is -2.14. The van der Waals surface area contributed by atoms with Gasteiger partial charge in [-0.15, -0.1) is 0 Å². The summed E-state index contributed by atoms with van der Waals surface area (Å²) in [5.41, 5.74) is 0.477. The Morgan fingerprint density at radius 3 is 2.67 bits per heavy atom. The van der Waals surface area contributed by atoms with Crippen LogP contribution in [-0.2, 0) is 9.53 Å². The van der Waals surface area contributed by atoms with Gasteiger partial charge in [-0.25, -0.2) is 4.79 Å². The van der Waals surface area contributed by atoms with Crippen molar-refractivity contribution in [3.8, 4) is 11.5 Å². The summed E-state index contributed by atoms with van der Waals surface area (Å²) in [5, 5.41) is 1.37. The zero-order valence-electron chi connectivity index (χ0n) is 11.9. The SMILES string of the molecule is CCOC(=O)COc1cccc2c(OC)ccc(C=O)c12. The van der Waals surface area contributed by atoms with E-state index in [0.717, 1.165) is 11.7 Å². The van der Waals surface area contributed by atoms with Gasteiger partial charge in [-0.3, -0.25) is 4.79 Å². The molecule has 0 aliphatic carbocycles. The molecule has 0 saturated heterocycles. The number of hydrogen-bond donors (Lipinski definition) is 0. The van der Waals surface area contributed by atoms with Crippen molar-refractivity contribution in [3.63, 3.8) is 0 Å². The van der Waals surface area contributed by atoms with Crippen molar-refractivity contribution in [2.75, 3.05) is 20.3 Å². The zero-order valence-corrected chi connectivity index (χ0v) is 11.9. The molecule has 21 heavy (non-hydrogen) atoms. The third kappa shape index (κ3) is 3.13. The summed E-state index contributed by atoms with van der Waals surface area (Å²) < 4.78 is 15.6. The van der Waals surface area contributed by atoms with Crippen molar-refractivity contribution < 1.29 is 23.8 Å².